The second-order valence-corrected chi connectivity index (χ2v) is 7.25. The molecule has 0 heterocycles. The molecule has 2 aromatic rings. The monoisotopic (exact) mass is 364 g/mol. The molecule has 25 heavy (non-hydrogen) atoms. The molecule has 0 bridgehead atoms. The SMILES string of the molecule is CCOP(=O)(OCC)[C@H](Nc1ccc([N+](=O)[O-])cc1)c1ccccc1. The van der Waals surface area contributed by atoms with Crippen LogP contribution in [-0.4, -0.2) is 18.1 Å². The van der Waals surface area contributed by atoms with Gasteiger partial charge in [-0.2, -0.15) is 0 Å². The molecule has 1 atom stereocenters. The average molecular weight is 364 g/mol. The Kier molecular flexibility index (Phi) is 6.70. The van der Waals surface area contributed by atoms with Gasteiger partial charge in [-0.1, -0.05) is 30.3 Å². The van der Waals surface area contributed by atoms with Crippen LogP contribution in [0.2, 0.25) is 0 Å². The van der Waals surface area contributed by atoms with Crippen molar-refractivity contribution in [2.45, 2.75) is 19.6 Å². The Bertz CT molecular complexity index is 726. The Labute approximate surface area is 146 Å². The largest absolute Gasteiger partial charge is 0.368 e. The predicted octanol–water partition coefficient (Wildman–Crippen LogP) is 4.97. The van der Waals surface area contributed by atoms with Gasteiger partial charge in [-0.3, -0.25) is 14.7 Å². The number of non-ortho nitro benzene ring substituents is 1. The molecule has 0 amide bonds. The number of rotatable bonds is 9. The summed E-state index contributed by atoms with van der Waals surface area (Å²) in [7, 11) is -3.49. The molecule has 134 valence electrons. The summed E-state index contributed by atoms with van der Waals surface area (Å²) in [5.74, 6) is -0.727. The van der Waals surface area contributed by atoms with Crippen LogP contribution in [0.15, 0.2) is 54.6 Å². The van der Waals surface area contributed by atoms with Crippen LogP contribution in [-0.2, 0) is 13.6 Å². The van der Waals surface area contributed by atoms with Gasteiger partial charge in [0.25, 0.3) is 5.69 Å². The second kappa shape index (κ2) is 8.76. The molecular weight excluding hydrogens is 343 g/mol. The first kappa shape index (κ1) is 19.1. The van der Waals surface area contributed by atoms with Crippen LogP contribution >= 0.6 is 7.60 Å². The Morgan fingerprint density at radius 3 is 2.08 bits per heavy atom. The topological polar surface area (TPSA) is 90.7 Å². The molecule has 0 saturated heterocycles. The Balaban J connectivity index is 2.37. The molecule has 2 rings (SSSR count). The van der Waals surface area contributed by atoms with Crippen LogP contribution in [0.4, 0.5) is 11.4 Å². The van der Waals surface area contributed by atoms with E-state index in [4.69, 9.17) is 9.05 Å². The molecular formula is C17H21N2O5P. The fraction of sp³-hybridized carbons (Fsp3) is 0.294. The summed E-state index contributed by atoms with van der Waals surface area (Å²) in [6.45, 7) is 3.98. The zero-order valence-corrected chi connectivity index (χ0v) is 15.0. The first-order valence-corrected chi connectivity index (χ1v) is 9.56. The lowest BCUT2D eigenvalue weighted by Gasteiger charge is -2.28. The van der Waals surface area contributed by atoms with E-state index in [0.29, 0.717) is 5.69 Å². The van der Waals surface area contributed by atoms with Gasteiger partial charge < -0.3 is 14.4 Å². The zero-order valence-electron chi connectivity index (χ0n) is 14.1. The van der Waals surface area contributed by atoms with Gasteiger partial charge in [-0.05, 0) is 31.5 Å². The second-order valence-electron chi connectivity index (χ2n) is 5.14. The molecule has 0 unspecified atom stereocenters. The first-order valence-electron chi connectivity index (χ1n) is 7.95. The highest BCUT2D eigenvalue weighted by Gasteiger charge is 2.37. The third-order valence-electron chi connectivity index (χ3n) is 3.43. The number of nitro benzene ring substituents is 1. The lowest BCUT2D eigenvalue weighted by atomic mass is 10.2. The van der Waals surface area contributed by atoms with E-state index in [9.17, 15) is 14.7 Å². The molecule has 1 N–H and O–H groups in total. The zero-order chi connectivity index (χ0) is 18.3. The minimum Gasteiger partial charge on any atom is -0.368 e. The molecule has 0 radical (unpaired) electrons. The summed E-state index contributed by atoms with van der Waals surface area (Å²) in [4.78, 5) is 10.3. The van der Waals surface area contributed by atoms with E-state index in [1.54, 1.807) is 26.0 Å². The van der Waals surface area contributed by atoms with Gasteiger partial charge in [-0.15, -0.1) is 0 Å². The highest BCUT2D eigenvalue weighted by Crippen LogP contribution is 2.60. The van der Waals surface area contributed by atoms with E-state index in [1.807, 2.05) is 30.3 Å². The minimum absolute atomic E-state index is 0.0142. The van der Waals surface area contributed by atoms with Gasteiger partial charge in [0, 0.05) is 17.8 Å². The van der Waals surface area contributed by atoms with Crippen LogP contribution in [0.5, 0.6) is 0 Å². The van der Waals surface area contributed by atoms with Crippen molar-refractivity contribution in [2.24, 2.45) is 0 Å². The molecule has 0 aliphatic rings. The fourth-order valence-corrected chi connectivity index (χ4v) is 4.30. The summed E-state index contributed by atoms with van der Waals surface area (Å²) in [6.07, 6.45) is 0. The number of nitrogens with zero attached hydrogens (tertiary/aromatic N) is 1. The van der Waals surface area contributed by atoms with Crippen molar-refractivity contribution in [3.8, 4) is 0 Å². The molecule has 2 aromatic carbocycles. The minimum atomic E-state index is -3.49. The molecule has 8 heteroatoms. The van der Waals surface area contributed by atoms with Crippen molar-refractivity contribution < 1.29 is 18.5 Å². The molecule has 0 aromatic heterocycles. The van der Waals surface area contributed by atoms with Gasteiger partial charge in [-0.25, -0.2) is 0 Å². The molecule has 0 fully saturated rings. The van der Waals surface area contributed by atoms with Gasteiger partial charge >= 0.3 is 7.60 Å². The Morgan fingerprint density at radius 2 is 1.60 bits per heavy atom. The van der Waals surface area contributed by atoms with Gasteiger partial charge in [0.05, 0.1) is 18.1 Å². The molecule has 0 aliphatic heterocycles. The van der Waals surface area contributed by atoms with Gasteiger partial charge in [0.2, 0.25) is 0 Å². The van der Waals surface area contributed by atoms with Gasteiger partial charge in [0.15, 0.2) is 5.78 Å². The third kappa shape index (κ3) is 4.89. The van der Waals surface area contributed by atoms with Gasteiger partial charge in [0.1, 0.15) is 0 Å². The average Bonchev–Trinajstić information content (AvgIpc) is 2.61. The van der Waals surface area contributed by atoms with Crippen LogP contribution < -0.4 is 5.32 Å². The first-order chi connectivity index (χ1) is 12.0. The molecule has 7 nitrogen and oxygen atoms in total. The van der Waals surface area contributed by atoms with E-state index < -0.39 is 18.3 Å². The summed E-state index contributed by atoms with van der Waals surface area (Å²) in [6, 6.07) is 15.1. The van der Waals surface area contributed by atoms with Crippen LogP contribution in [0.1, 0.15) is 25.2 Å². The summed E-state index contributed by atoms with van der Waals surface area (Å²) >= 11 is 0. The summed E-state index contributed by atoms with van der Waals surface area (Å²) < 4.78 is 24.2. The van der Waals surface area contributed by atoms with Crippen LogP contribution in [0.25, 0.3) is 0 Å². The lowest BCUT2D eigenvalue weighted by molar-refractivity contribution is -0.384. The van der Waals surface area contributed by atoms with Crippen molar-refractivity contribution in [1.29, 1.82) is 0 Å². The maximum absolute atomic E-state index is 13.3. The van der Waals surface area contributed by atoms with Crippen molar-refractivity contribution >= 4 is 19.0 Å². The van der Waals surface area contributed by atoms with Crippen molar-refractivity contribution in [3.63, 3.8) is 0 Å². The maximum atomic E-state index is 13.3. The highest BCUT2D eigenvalue weighted by atomic mass is 31.2. The van der Waals surface area contributed by atoms with Crippen LogP contribution in [0, 0.1) is 10.1 Å². The number of hydrogen-bond acceptors (Lipinski definition) is 6. The number of nitro groups is 1. The van der Waals surface area contributed by atoms with E-state index in [2.05, 4.69) is 5.32 Å². The number of hydrogen-bond donors (Lipinski definition) is 1. The molecule has 0 saturated carbocycles. The molecule has 0 spiro atoms. The van der Waals surface area contributed by atoms with E-state index >= 15 is 0 Å². The Morgan fingerprint density at radius 1 is 1.04 bits per heavy atom. The number of nitrogens with one attached hydrogen (secondary N) is 1. The fourth-order valence-electron chi connectivity index (χ4n) is 2.36. The third-order valence-corrected chi connectivity index (χ3v) is 5.73. The van der Waals surface area contributed by atoms with E-state index in [1.165, 1.54) is 12.1 Å². The van der Waals surface area contributed by atoms with Crippen molar-refractivity contribution in [3.05, 3.63) is 70.3 Å². The van der Waals surface area contributed by atoms with E-state index in [0.717, 1.165) is 5.56 Å². The number of anilines is 1. The normalized spacial score (nSPS) is 12.6. The molecule has 0 aliphatic carbocycles. The standard InChI is InChI=1S/C17H21N2O5P/c1-3-23-25(22,24-4-2)17(14-8-6-5-7-9-14)18-15-10-12-16(13-11-15)19(20)21/h5-13,17-18H,3-4H2,1-2H3/t17-/m0/s1. The van der Waals surface area contributed by atoms with Crippen LogP contribution in [0.3, 0.4) is 0 Å². The Hall–Kier alpha value is -2.21. The summed E-state index contributed by atoms with van der Waals surface area (Å²) in [5, 5.41) is 13.9. The predicted molar refractivity (Wildman–Crippen MR) is 96.8 cm³/mol. The number of benzene rings is 2. The lowest BCUT2D eigenvalue weighted by Crippen LogP contribution is -2.15. The van der Waals surface area contributed by atoms with Crippen molar-refractivity contribution in [2.75, 3.05) is 18.5 Å². The smallest absolute Gasteiger partial charge is 0.357 e. The van der Waals surface area contributed by atoms with Crippen molar-refractivity contribution in [1.82, 2.24) is 0 Å². The quantitative estimate of drug-likeness (QED) is 0.384. The highest BCUT2D eigenvalue weighted by molar-refractivity contribution is 7.54. The maximum Gasteiger partial charge on any atom is 0.357 e. The summed E-state index contributed by atoms with van der Waals surface area (Å²) in [5.41, 5.74) is 1.31. The van der Waals surface area contributed by atoms with E-state index in [-0.39, 0.29) is 18.9 Å².